The maximum atomic E-state index is 14.3. The van der Waals surface area contributed by atoms with Crippen LogP contribution in [0.3, 0.4) is 0 Å². The fraction of sp³-hybridized carbons (Fsp3) is 0.282. The molecular weight excluding hydrogens is 604 g/mol. The van der Waals surface area contributed by atoms with Gasteiger partial charge < -0.3 is 19.7 Å². The molecule has 2 heterocycles. The fourth-order valence-electron chi connectivity index (χ4n) is 6.69. The number of nitriles is 1. The summed E-state index contributed by atoms with van der Waals surface area (Å²) in [5, 5.41) is 12.1. The first-order valence-electron chi connectivity index (χ1n) is 16.1. The molecule has 4 aromatic carbocycles. The standard InChI is InChI=1S/C39H38N4O5/c1-4-33(29-8-6-5-7-9-29)43-23-31-21-36-34(42(2)37(44)24-48-36)19-30(31)20-35(43)38(45)41-32(39(46)47-3)18-25-10-14-27(15-11-25)28-16-12-26(22-40)13-17-28/h5-17,19,21,32-33,35H,4,18,20,23-24H2,1-3H3,(H,41,45)/t32-,33?,35?/m0/s1. The zero-order valence-electron chi connectivity index (χ0n) is 27.3. The van der Waals surface area contributed by atoms with Crippen LogP contribution < -0.4 is 15.0 Å². The van der Waals surface area contributed by atoms with Crippen molar-refractivity contribution in [2.75, 3.05) is 25.7 Å². The Balaban J connectivity index is 1.28. The Morgan fingerprint density at radius 1 is 1.00 bits per heavy atom. The number of amides is 2. The van der Waals surface area contributed by atoms with Crippen LogP contribution >= 0.6 is 0 Å². The van der Waals surface area contributed by atoms with Crippen molar-refractivity contribution in [3.05, 3.63) is 119 Å². The van der Waals surface area contributed by atoms with Gasteiger partial charge in [0.2, 0.25) is 5.91 Å². The van der Waals surface area contributed by atoms with E-state index >= 15 is 0 Å². The fourth-order valence-corrected chi connectivity index (χ4v) is 6.69. The molecule has 1 N–H and O–H groups in total. The number of anilines is 1. The van der Waals surface area contributed by atoms with Crippen molar-refractivity contribution in [1.29, 1.82) is 5.26 Å². The molecule has 0 radical (unpaired) electrons. The summed E-state index contributed by atoms with van der Waals surface area (Å²) in [5.74, 6) is -0.264. The lowest BCUT2D eigenvalue weighted by molar-refractivity contribution is -0.146. The Hall–Kier alpha value is -5.46. The van der Waals surface area contributed by atoms with Gasteiger partial charge in [-0.2, -0.15) is 5.26 Å². The third-order valence-corrected chi connectivity index (χ3v) is 9.35. The molecule has 0 bridgehead atoms. The van der Waals surface area contributed by atoms with Gasteiger partial charge in [-0.1, -0.05) is 73.7 Å². The van der Waals surface area contributed by atoms with Gasteiger partial charge in [0.15, 0.2) is 6.61 Å². The zero-order chi connectivity index (χ0) is 33.8. The Labute approximate surface area is 280 Å². The van der Waals surface area contributed by atoms with Crippen LogP contribution in [0.1, 0.15) is 47.2 Å². The van der Waals surface area contributed by atoms with Crippen LogP contribution in [0.5, 0.6) is 5.75 Å². The number of methoxy groups -OCH3 is 1. The van der Waals surface area contributed by atoms with Gasteiger partial charge >= 0.3 is 5.97 Å². The molecule has 48 heavy (non-hydrogen) atoms. The molecule has 2 aliphatic heterocycles. The predicted molar refractivity (Wildman–Crippen MR) is 182 cm³/mol. The lowest BCUT2D eigenvalue weighted by Crippen LogP contribution is -2.55. The summed E-state index contributed by atoms with van der Waals surface area (Å²) in [6.07, 6.45) is 1.42. The molecule has 2 aliphatic rings. The number of ether oxygens (including phenoxy) is 2. The zero-order valence-corrected chi connectivity index (χ0v) is 27.3. The molecule has 2 unspecified atom stereocenters. The molecule has 0 aliphatic carbocycles. The molecule has 0 fully saturated rings. The Morgan fingerprint density at radius 2 is 1.69 bits per heavy atom. The molecule has 4 aromatic rings. The maximum Gasteiger partial charge on any atom is 0.328 e. The monoisotopic (exact) mass is 642 g/mol. The smallest absolute Gasteiger partial charge is 0.328 e. The average molecular weight is 643 g/mol. The molecule has 0 saturated heterocycles. The normalized spacial score (nSPS) is 16.8. The van der Waals surface area contributed by atoms with Crippen molar-refractivity contribution in [2.24, 2.45) is 0 Å². The summed E-state index contributed by atoms with van der Waals surface area (Å²) >= 11 is 0. The van der Waals surface area contributed by atoms with Gasteiger partial charge in [-0.05, 0) is 70.5 Å². The van der Waals surface area contributed by atoms with Crippen LogP contribution in [0.2, 0.25) is 0 Å². The minimum atomic E-state index is -0.899. The van der Waals surface area contributed by atoms with E-state index in [0.29, 0.717) is 30.0 Å². The van der Waals surface area contributed by atoms with E-state index in [2.05, 4.69) is 35.3 Å². The lowest BCUT2D eigenvalue weighted by atomic mass is 9.88. The molecule has 2 amide bonds. The summed E-state index contributed by atoms with van der Waals surface area (Å²) < 4.78 is 10.9. The molecule has 6 rings (SSSR count). The number of benzene rings is 4. The first-order valence-corrected chi connectivity index (χ1v) is 16.1. The summed E-state index contributed by atoms with van der Waals surface area (Å²) in [5.41, 5.74) is 7.21. The van der Waals surface area contributed by atoms with Gasteiger partial charge in [0.1, 0.15) is 11.8 Å². The van der Waals surface area contributed by atoms with E-state index in [-0.39, 0.29) is 30.9 Å². The third kappa shape index (κ3) is 6.66. The highest BCUT2D eigenvalue weighted by molar-refractivity contribution is 5.97. The molecule has 0 spiro atoms. The second kappa shape index (κ2) is 14.1. The number of likely N-dealkylation sites (N-methyl/N-ethyl adjacent to an activating group) is 1. The quantitative estimate of drug-likeness (QED) is 0.245. The molecule has 9 heteroatoms. The summed E-state index contributed by atoms with van der Waals surface area (Å²) in [6.45, 7) is 2.60. The largest absolute Gasteiger partial charge is 0.482 e. The van der Waals surface area contributed by atoms with E-state index in [0.717, 1.165) is 39.8 Å². The first kappa shape index (κ1) is 32.5. The number of nitrogens with zero attached hydrogens (tertiary/aromatic N) is 3. The molecular formula is C39H38N4O5. The van der Waals surface area contributed by atoms with E-state index in [9.17, 15) is 14.4 Å². The number of carbonyl (C=O) groups is 3. The van der Waals surface area contributed by atoms with Gasteiger partial charge in [-0.15, -0.1) is 0 Å². The molecule has 3 atom stereocenters. The summed E-state index contributed by atoms with van der Waals surface area (Å²) in [6, 6.07) is 29.8. The van der Waals surface area contributed by atoms with Crippen LogP contribution in [0.15, 0.2) is 91.0 Å². The minimum absolute atomic E-state index is 0.00822. The first-order chi connectivity index (χ1) is 23.3. The van der Waals surface area contributed by atoms with Gasteiger partial charge in [0.05, 0.1) is 30.5 Å². The van der Waals surface area contributed by atoms with E-state index in [1.165, 1.54) is 7.11 Å². The number of hydrogen-bond donors (Lipinski definition) is 1. The summed E-state index contributed by atoms with van der Waals surface area (Å²) in [4.78, 5) is 43.6. The molecule has 0 saturated carbocycles. The predicted octanol–water partition coefficient (Wildman–Crippen LogP) is 5.36. The number of nitrogens with one attached hydrogen (secondary N) is 1. The maximum absolute atomic E-state index is 14.3. The Kier molecular flexibility index (Phi) is 9.55. The van der Waals surface area contributed by atoms with E-state index in [1.807, 2.05) is 66.7 Å². The highest BCUT2D eigenvalue weighted by Crippen LogP contribution is 2.40. The second-order valence-corrected chi connectivity index (χ2v) is 12.2. The van der Waals surface area contributed by atoms with E-state index in [4.69, 9.17) is 14.7 Å². The molecule has 244 valence electrons. The number of carbonyl (C=O) groups excluding carboxylic acids is 3. The van der Waals surface area contributed by atoms with Crippen molar-refractivity contribution in [3.63, 3.8) is 0 Å². The van der Waals surface area contributed by atoms with Crippen molar-refractivity contribution >= 4 is 23.5 Å². The lowest BCUT2D eigenvalue weighted by Gasteiger charge is -2.42. The highest BCUT2D eigenvalue weighted by atomic mass is 16.5. The van der Waals surface area contributed by atoms with Crippen LogP contribution in [-0.2, 0) is 38.5 Å². The topological polar surface area (TPSA) is 112 Å². The number of esters is 1. The van der Waals surface area contributed by atoms with E-state index < -0.39 is 18.1 Å². The highest BCUT2D eigenvalue weighted by Gasteiger charge is 2.39. The number of hydrogen-bond acceptors (Lipinski definition) is 7. The van der Waals surface area contributed by atoms with Crippen LogP contribution in [0, 0.1) is 11.3 Å². The van der Waals surface area contributed by atoms with Crippen LogP contribution in [0.4, 0.5) is 5.69 Å². The van der Waals surface area contributed by atoms with Crippen molar-refractivity contribution < 1.29 is 23.9 Å². The number of rotatable bonds is 9. The van der Waals surface area contributed by atoms with Gasteiger partial charge in [0, 0.05) is 26.1 Å². The number of fused-ring (bicyclic) bond motifs is 2. The van der Waals surface area contributed by atoms with Crippen molar-refractivity contribution in [2.45, 2.75) is 50.9 Å². The minimum Gasteiger partial charge on any atom is -0.482 e. The Bertz CT molecular complexity index is 1850. The van der Waals surface area contributed by atoms with Crippen LogP contribution in [0.25, 0.3) is 11.1 Å². The van der Waals surface area contributed by atoms with Gasteiger partial charge in [-0.3, -0.25) is 14.5 Å². The van der Waals surface area contributed by atoms with Crippen LogP contribution in [-0.4, -0.2) is 55.5 Å². The van der Waals surface area contributed by atoms with E-state index in [1.54, 1.807) is 24.1 Å². The Morgan fingerprint density at radius 3 is 2.33 bits per heavy atom. The molecule has 9 nitrogen and oxygen atoms in total. The molecule has 0 aromatic heterocycles. The van der Waals surface area contributed by atoms with Crippen molar-refractivity contribution in [3.8, 4) is 22.9 Å². The third-order valence-electron chi connectivity index (χ3n) is 9.35. The average Bonchev–Trinajstić information content (AvgIpc) is 3.12. The van der Waals surface area contributed by atoms with Gasteiger partial charge in [-0.25, -0.2) is 4.79 Å². The second-order valence-electron chi connectivity index (χ2n) is 12.2. The SMILES string of the molecule is CCC(c1ccccc1)N1Cc2cc3c(cc2CC1C(=O)N[C@@H](Cc1ccc(-c2ccc(C#N)cc2)cc1)C(=O)OC)N(C)C(=O)CO3. The van der Waals surface area contributed by atoms with Gasteiger partial charge in [0.25, 0.3) is 5.91 Å². The van der Waals surface area contributed by atoms with Crippen molar-refractivity contribution in [1.82, 2.24) is 10.2 Å². The summed E-state index contributed by atoms with van der Waals surface area (Å²) in [7, 11) is 3.06.